The Morgan fingerprint density at radius 1 is 1.29 bits per heavy atom. The summed E-state index contributed by atoms with van der Waals surface area (Å²) >= 11 is 0. The normalized spacial score (nSPS) is 32.0. The maximum Gasteiger partial charge on any atom is 0.226 e. The van der Waals surface area contributed by atoms with Crippen molar-refractivity contribution in [2.75, 3.05) is 13.1 Å². The van der Waals surface area contributed by atoms with Gasteiger partial charge in [-0.25, -0.2) is 0 Å². The Morgan fingerprint density at radius 2 is 2.05 bits per heavy atom. The number of amides is 1. The molecule has 2 N–H and O–H groups in total. The lowest BCUT2D eigenvalue weighted by Crippen LogP contribution is -2.50. The lowest BCUT2D eigenvalue weighted by Gasteiger charge is -2.39. The van der Waals surface area contributed by atoms with Crippen molar-refractivity contribution < 1.29 is 4.79 Å². The van der Waals surface area contributed by atoms with Crippen molar-refractivity contribution >= 4 is 5.91 Å². The Morgan fingerprint density at radius 3 is 2.71 bits per heavy atom. The summed E-state index contributed by atoms with van der Waals surface area (Å²) in [5.41, 5.74) is 7.23. The molecule has 0 radical (unpaired) electrons. The van der Waals surface area contributed by atoms with Crippen molar-refractivity contribution in [1.29, 1.82) is 0 Å². The predicted molar refractivity (Wildman–Crippen MR) is 84.9 cm³/mol. The van der Waals surface area contributed by atoms with Crippen LogP contribution in [0.2, 0.25) is 0 Å². The van der Waals surface area contributed by atoms with E-state index in [0.29, 0.717) is 18.4 Å². The average Bonchev–Trinajstić information content (AvgIpc) is 3.35. The SMILES string of the molecule is CCC1CCN(C(=O)C2CC2c2ccccc2)C(CN)C1. The molecule has 3 nitrogen and oxygen atoms in total. The first-order valence-electron chi connectivity index (χ1n) is 8.30. The Bertz CT molecular complexity index is 487. The van der Waals surface area contributed by atoms with Crippen molar-refractivity contribution in [3.05, 3.63) is 35.9 Å². The van der Waals surface area contributed by atoms with Gasteiger partial charge >= 0.3 is 0 Å². The molecule has 21 heavy (non-hydrogen) atoms. The maximum absolute atomic E-state index is 12.8. The summed E-state index contributed by atoms with van der Waals surface area (Å²) in [7, 11) is 0. The second kappa shape index (κ2) is 6.18. The second-order valence-corrected chi connectivity index (χ2v) is 6.58. The monoisotopic (exact) mass is 286 g/mol. The molecule has 1 saturated carbocycles. The van der Waals surface area contributed by atoms with Crippen molar-refractivity contribution in [3.8, 4) is 0 Å². The van der Waals surface area contributed by atoms with E-state index in [1.165, 1.54) is 12.0 Å². The highest BCUT2D eigenvalue weighted by Crippen LogP contribution is 2.49. The van der Waals surface area contributed by atoms with E-state index in [4.69, 9.17) is 5.73 Å². The zero-order valence-corrected chi connectivity index (χ0v) is 12.9. The summed E-state index contributed by atoms with van der Waals surface area (Å²) in [5, 5.41) is 0. The van der Waals surface area contributed by atoms with E-state index in [2.05, 4.69) is 36.1 Å². The van der Waals surface area contributed by atoms with Crippen molar-refractivity contribution in [1.82, 2.24) is 4.90 Å². The molecule has 2 aliphatic rings. The molecular formula is C18H26N2O. The molecule has 0 bridgehead atoms. The molecule has 1 aromatic rings. The number of piperidine rings is 1. The molecule has 1 amide bonds. The Hall–Kier alpha value is -1.35. The van der Waals surface area contributed by atoms with Gasteiger partial charge in [0.25, 0.3) is 0 Å². The first-order valence-corrected chi connectivity index (χ1v) is 8.30. The number of benzene rings is 1. The highest BCUT2D eigenvalue weighted by atomic mass is 16.2. The Balaban J connectivity index is 1.64. The molecule has 0 aromatic heterocycles. The summed E-state index contributed by atoms with van der Waals surface area (Å²) in [6.07, 6.45) is 4.44. The van der Waals surface area contributed by atoms with Crippen LogP contribution < -0.4 is 5.73 Å². The quantitative estimate of drug-likeness (QED) is 0.925. The average molecular weight is 286 g/mol. The van der Waals surface area contributed by atoms with E-state index in [0.717, 1.165) is 31.7 Å². The van der Waals surface area contributed by atoms with Gasteiger partial charge in [-0.2, -0.15) is 0 Å². The third-order valence-electron chi connectivity index (χ3n) is 5.29. The van der Waals surface area contributed by atoms with Gasteiger partial charge in [-0.3, -0.25) is 4.79 Å². The largest absolute Gasteiger partial charge is 0.338 e. The fourth-order valence-corrected chi connectivity index (χ4v) is 3.77. The van der Waals surface area contributed by atoms with Gasteiger partial charge in [-0.05, 0) is 36.7 Å². The first-order chi connectivity index (χ1) is 10.2. The highest BCUT2D eigenvalue weighted by Gasteiger charge is 2.47. The molecule has 4 unspecified atom stereocenters. The van der Waals surface area contributed by atoms with Crippen molar-refractivity contribution in [2.24, 2.45) is 17.6 Å². The van der Waals surface area contributed by atoms with Crippen LogP contribution in [0.25, 0.3) is 0 Å². The van der Waals surface area contributed by atoms with Crippen LogP contribution in [0, 0.1) is 11.8 Å². The smallest absolute Gasteiger partial charge is 0.226 e. The molecule has 0 spiro atoms. The van der Waals surface area contributed by atoms with Crippen LogP contribution in [-0.2, 0) is 4.79 Å². The lowest BCUT2D eigenvalue weighted by molar-refractivity contribution is -0.136. The van der Waals surface area contributed by atoms with Crippen LogP contribution >= 0.6 is 0 Å². The second-order valence-electron chi connectivity index (χ2n) is 6.58. The van der Waals surface area contributed by atoms with Gasteiger partial charge in [0.2, 0.25) is 5.91 Å². The minimum atomic E-state index is 0.194. The molecule has 1 aliphatic heterocycles. The number of carbonyl (C=O) groups excluding carboxylic acids is 1. The molecule has 1 aromatic carbocycles. The molecule has 3 rings (SSSR count). The summed E-state index contributed by atoms with van der Waals surface area (Å²) in [5.74, 6) is 1.71. The van der Waals surface area contributed by atoms with Crippen LogP contribution in [0.1, 0.15) is 44.1 Å². The third-order valence-corrected chi connectivity index (χ3v) is 5.29. The Kier molecular flexibility index (Phi) is 4.29. The topological polar surface area (TPSA) is 46.3 Å². The molecule has 3 heteroatoms. The minimum absolute atomic E-state index is 0.194. The molecular weight excluding hydrogens is 260 g/mol. The zero-order chi connectivity index (χ0) is 14.8. The van der Waals surface area contributed by atoms with Gasteiger partial charge in [0.1, 0.15) is 0 Å². The summed E-state index contributed by atoms with van der Waals surface area (Å²) in [4.78, 5) is 14.9. The van der Waals surface area contributed by atoms with Gasteiger partial charge in [-0.1, -0.05) is 43.7 Å². The number of carbonyl (C=O) groups is 1. The number of hydrogen-bond donors (Lipinski definition) is 1. The number of rotatable bonds is 4. The number of likely N-dealkylation sites (tertiary alicyclic amines) is 1. The van der Waals surface area contributed by atoms with Gasteiger partial charge in [0, 0.05) is 25.0 Å². The molecule has 1 aliphatic carbocycles. The van der Waals surface area contributed by atoms with Gasteiger partial charge in [-0.15, -0.1) is 0 Å². The van der Waals surface area contributed by atoms with E-state index in [1.807, 2.05) is 6.07 Å². The first kappa shape index (κ1) is 14.6. The third kappa shape index (κ3) is 2.98. The van der Waals surface area contributed by atoms with Crippen molar-refractivity contribution in [2.45, 2.75) is 44.6 Å². The summed E-state index contributed by atoms with van der Waals surface area (Å²) in [6.45, 7) is 3.74. The molecule has 2 fully saturated rings. The predicted octanol–water partition coefficient (Wildman–Crippen LogP) is 2.77. The van der Waals surface area contributed by atoms with E-state index in [9.17, 15) is 4.79 Å². The standard InChI is InChI=1S/C18H26N2O/c1-2-13-8-9-20(15(10-13)12-19)18(21)17-11-16(17)14-6-4-3-5-7-14/h3-7,13,15-17H,2,8-12,19H2,1H3. The Labute approximate surface area is 127 Å². The summed E-state index contributed by atoms with van der Waals surface area (Å²) in [6, 6.07) is 10.7. The molecule has 114 valence electrons. The minimum Gasteiger partial charge on any atom is -0.338 e. The summed E-state index contributed by atoms with van der Waals surface area (Å²) < 4.78 is 0. The molecule has 1 heterocycles. The van der Waals surface area contributed by atoms with Crippen molar-refractivity contribution in [3.63, 3.8) is 0 Å². The van der Waals surface area contributed by atoms with E-state index in [1.54, 1.807) is 0 Å². The van der Waals surface area contributed by atoms with E-state index < -0.39 is 0 Å². The van der Waals surface area contributed by atoms with Crippen LogP contribution in [0.15, 0.2) is 30.3 Å². The van der Waals surface area contributed by atoms with Gasteiger partial charge < -0.3 is 10.6 Å². The van der Waals surface area contributed by atoms with Gasteiger partial charge in [0.05, 0.1) is 0 Å². The van der Waals surface area contributed by atoms with Crippen LogP contribution in [0.3, 0.4) is 0 Å². The maximum atomic E-state index is 12.8. The number of hydrogen-bond acceptors (Lipinski definition) is 2. The fourth-order valence-electron chi connectivity index (χ4n) is 3.77. The zero-order valence-electron chi connectivity index (χ0n) is 12.9. The lowest BCUT2D eigenvalue weighted by atomic mass is 9.88. The molecule has 1 saturated heterocycles. The van der Waals surface area contributed by atoms with E-state index in [-0.39, 0.29) is 12.0 Å². The van der Waals surface area contributed by atoms with E-state index >= 15 is 0 Å². The van der Waals surface area contributed by atoms with Gasteiger partial charge in [0.15, 0.2) is 0 Å². The highest BCUT2D eigenvalue weighted by molar-refractivity contribution is 5.83. The van der Waals surface area contributed by atoms with Crippen LogP contribution in [0.4, 0.5) is 0 Å². The van der Waals surface area contributed by atoms with Crippen LogP contribution in [-0.4, -0.2) is 29.9 Å². The number of nitrogens with zero attached hydrogens (tertiary/aromatic N) is 1. The number of nitrogens with two attached hydrogens (primary N) is 1. The molecule has 4 atom stereocenters. The fraction of sp³-hybridized carbons (Fsp3) is 0.611. The van der Waals surface area contributed by atoms with Crippen LogP contribution in [0.5, 0.6) is 0 Å².